The summed E-state index contributed by atoms with van der Waals surface area (Å²) < 4.78 is 50.8. The lowest BCUT2D eigenvalue weighted by Crippen LogP contribution is -2.66. The molecule has 210 valence electrons. The van der Waals surface area contributed by atoms with Crippen LogP contribution in [0.3, 0.4) is 0 Å². The summed E-state index contributed by atoms with van der Waals surface area (Å²) in [6.45, 7) is 3.99. The number of hydrogen-bond donors (Lipinski definition) is 1. The molecule has 0 unspecified atom stereocenters. The van der Waals surface area contributed by atoms with Gasteiger partial charge in [0, 0.05) is 41.3 Å². The molecular weight excluding hydrogens is 559 g/mol. The van der Waals surface area contributed by atoms with Gasteiger partial charge in [-0.05, 0) is 23.3 Å². The first-order valence-corrected chi connectivity index (χ1v) is 16.2. The molecule has 3 aromatic rings. The molecule has 3 aliphatic rings. The van der Waals surface area contributed by atoms with E-state index in [2.05, 4.69) is 0 Å². The largest absolute Gasteiger partial charge is 0.502 e. The van der Waals surface area contributed by atoms with Gasteiger partial charge in [-0.3, -0.25) is 19.3 Å². The maximum Gasteiger partial charge on any atom is 0.278 e. The van der Waals surface area contributed by atoms with Gasteiger partial charge < -0.3 is 19.3 Å². The molecule has 1 amide bonds. The fraction of sp³-hybridized carbons (Fsp3) is 0.357. The SMILES string of the molecule is CCP(=O)(CC)c1cn2c(c(O)c1=O)C(=O)N1CCOC[C@H]1N2[C@@H]1c2ccccc2SCc2c1ccc(F)c2F. The second kappa shape index (κ2) is 10.0. The number of rotatable bonds is 4. The summed E-state index contributed by atoms with van der Waals surface area (Å²) in [5, 5.41) is 12.9. The van der Waals surface area contributed by atoms with Gasteiger partial charge in [-0.15, -0.1) is 11.8 Å². The molecule has 1 saturated heterocycles. The van der Waals surface area contributed by atoms with E-state index in [0.29, 0.717) is 5.56 Å². The number of aromatic hydroxyl groups is 1. The van der Waals surface area contributed by atoms with Crippen molar-refractivity contribution in [2.24, 2.45) is 0 Å². The number of fused-ring (bicyclic) bond motifs is 4. The standard InChI is InChI=1S/C28H28F2N3O5PS/c1-3-39(37,4-2)20-13-32-25(27(35)26(20)34)28(36)31-11-12-38-14-22(31)33(32)24-16-9-10-19(29)23(30)18(16)15-40-21-8-6-5-7-17(21)24/h5-10,13,22,24,35H,3-4,11-12,14-15H2,1-2H3/t22-,24+/m1/s1. The summed E-state index contributed by atoms with van der Waals surface area (Å²) in [7, 11) is -3.21. The first-order chi connectivity index (χ1) is 19.2. The van der Waals surface area contributed by atoms with Gasteiger partial charge in [0.2, 0.25) is 5.43 Å². The van der Waals surface area contributed by atoms with Gasteiger partial charge >= 0.3 is 0 Å². The molecule has 1 N–H and O–H groups in total. The minimum Gasteiger partial charge on any atom is -0.502 e. The summed E-state index contributed by atoms with van der Waals surface area (Å²) in [6.07, 6.45) is 1.07. The van der Waals surface area contributed by atoms with Crippen LogP contribution in [0.5, 0.6) is 5.75 Å². The number of hydrogen-bond acceptors (Lipinski definition) is 7. The second-order valence-corrected chi connectivity index (χ2v) is 14.5. The van der Waals surface area contributed by atoms with Crippen molar-refractivity contribution in [1.29, 1.82) is 0 Å². The van der Waals surface area contributed by atoms with Crippen LogP contribution in [0.1, 0.15) is 47.1 Å². The van der Waals surface area contributed by atoms with E-state index in [9.17, 15) is 23.7 Å². The van der Waals surface area contributed by atoms with Crippen LogP contribution in [-0.2, 0) is 15.1 Å². The number of aromatic nitrogens is 1. The van der Waals surface area contributed by atoms with Crippen molar-refractivity contribution in [2.75, 3.05) is 37.1 Å². The third kappa shape index (κ3) is 3.93. The molecule has 12 heteroatoms. The minimum absolute atomic E-state index is 0.0523. The fourth-order valence-electron chi connectivity index (χ4n) is 5.89. The van der Waals surface area contributed by atoms with Gasteiger partial charge in [-0.1, -0.05) is 38.1 Å². The van der Waals surface area contributed by atoms with E-state index >= 15 is 4.39 Å². The maximum absolute atomic E-state index is 15.3. The molecule has 0 aliphatic carbocycles. The number of nitrogens with zero attached hydrogens (tertiary/aromatic N) is 3. The molecule has 40 heavy (non-hydrogen) atoms. The highest BCUT2D eigenvalue weighted by atomic mass is 32.2. The summed E-state index contributed by atoms with van der Waals surface area (Å²) in [5.74, 6) is -3.07. The van der Waals surface area contributed by atoms with E-state index in [0.717, 1.165) is 16.5 Å². The van der Waals surface area contributed by atoms with Crippen LogP contribution in [0.25, 0.3) is 0 Å². The molecule has 2 atom stereocenters. The van der Waals surface area contributed by atoms with Gasteiger partial charge in [0.25, 0.3) is 5.91 Å². The molecule has 2 aromatic carbocycles. The predicted octanol–water partition coefficient (Wildman–Crippen LogP) is 4.01. The highest BCUT2D eigenvalue weighted by Crippen LogP contribution is 2.47. The molecule has 1 aromatic heterocycles. The van der Waals surface area contributed by atoms with E-state index in [1.54, 1.807) is 18.9 Å². The Morgan fingerprint density at radius 1 is 1.10 bits per heavy atom. The highest BCUT2D eigenvalue weighted by Gasteiger charge is 2.47. The Morgan fingerprint density at radius 2 is 1.85 bits per heavy atom. The Bertz CT molecular complexity index is 1640. The zero-order valence-electron chi connectivity index (χ0n) is 22.0. The first kappa shape index (κ1) is 27.1. The average Bonchev–Trinajstić information content (AvgIpc) is 3.14. The van der Waals surface area contributed by atoms with Crippen molar-refractivity contribution in [2.45, 2.75) is 36.7 Å². The van der Waals surface area contributed by atoms with Crippen LogP contribution in [0, 0.1) is 11.6 Å². The zero-order chi connectivity index (χ0) is 28.3. The van der Waals surface area contributed by atoms with Crippen LogP contribution in [-0.4, -0.2) is 58.8 Å². The van der Waals surface area contributed by atoms with Crippen molar-refractivity contribution in [3.05, 3.63) is 86.8 Å². The number of pyridine rings is 1. The molecular formula is C28H28F2N3O5PS. The predicted molar refractivity (Wildman–Crippen MR) is 149 cm³/mol. The second-order valence-electron chi connectivity index (χ2n) is 10.00. The molecule has 0 radical (unpaired) electrons. The molecule has 3 aliphatic heterocycles. The number of morpholine rings is 1. The molecule has 6 rings (SSSR count). The lowest BCUT2D eigenvalue weighted by Gasteiger charge is -2.51. The Kier molecular flexibility index (Phi) is 6.79. The van der Waals surface area contributed by atoms with Crippen molar-refractivity contribution >= 4 is 30.1 Å². The van der Waals surface area contributed by atoms with E-state index in [1.807, 2.05) is 24.3 Å². The lowest BCUT2D eigenvalue weighted by molar-refractivity contribution is -0.0197. The summed E-state index contributed by atoms with van der Waals surface area (Å²) in [4.78, 5) is 29.5. The molecule has 0 spiro atoms. The van der Waals surface area contributed by atoms with E-state index in [-0.39, 0.29) is 54.4 Å². The Hall–Kier alpha value is -3.14. The van der Waals surface area contributed by atoms with Gasteiger partial charge in [0.05, 0.1) is 24.6 Å². The number of halogens is 2. The van der Waals surface area contributed by atoms with Gasteiger partial charge in [0.15, 0.2) is 23.1 Å². The quantitative estimate of drug-likeness (QED) is 0.462. The number of benzene rings is 2. The number of amides is 1. The lowest BCUT2D eigenvalue weighted by atomic mass is 9.93. The fourth-order valence-corrected chi connectivity index (χ4v) is 8.92. The van der Waals surface area contributed by atoms with Gasteiger partial charge in [0.1, 0.15) is 13.3 Å². The number of thioether (sulfide) groups is 1. The summed E-state index contributed by atoms with van der Waals surface area (Å²) in [5.41, 5.74) is 0.354. The van der Waals surface area contributed by atoms with Crippen LogP contribution >= 0.6 is 18.9 Å². The molecule has 0 bridgehead atoms. The monoisotopic (exact) mass is 587 g/mol. The summed E-state index contributed by atoms with van der Waals surface area (Å²) in [6, 6.07) is 9.35. The third-order valence-corrected chi connectivity index (χ3v) is 12.5. The van der Waals surface area contributed by atoms with Crippen LogP contribution in [0.4, 0.5) is 8.78 Å². The Morgan fingerprint density at radius 3 is 2.60 bits per heavy atom. The molecule has 1 fully saturated rings. The van der Waals surface area contributed by atoms with Crippen LogP contribution < -0.4 is 15.7 Å². The third-order valence-electron chi connectivity index (χ3n) is 8.10. The van der Waals surface area contributed by atoms with E-state index in [4.69, 9.17) is 4.74 Å². The van der Waals surface area contributed by atoms with Gasteiger partial charge in [-0.2, -0.15) is 0 Å². The minimum atomic E-state index is -3.21. The van der Waals surface area contributed by atoms with Crippen molar-refractivity contribution in [3.63, 3.8) is 0 Å². The molecule has 0 saturated carbocycles. The van der Waals surface area contributed by atoms with Gasteiger partial charge in [-0.25, -0.2) is 8.78 Å². The van der Waals surface area contributed by atoms with E-state index < -0.39 is 48.1 Å². The summed E-state index contributed by atoms with van der Waals surface area (Å²) >= 11 is 1.38. The van der Waals surface area contributed by atoms with Crippen LogP contribution in [0.15, 0.2) is 52.3 Å². The highest BCUT2D eigenvalue weighted by molar-refractivity contribution is 7.98. The average molecular weight is 588 g/mol. The van der Waals surface area contributed by atoms with Crippen molar-refractivity contribution in [1.82, 2.24) is 9.58 Å². The smallest absolute Gasteiger partial charge is 0.278 e. The maximum atomic E-state index is 15.3. The molecule has 8 nitrogen and oxygen atoms in total. The van der Waals surface area contributed by atoms with Crippen molar-refractivity contribution < 1.29 is 28.0 Å². The zero-order valence-corrected chi connectivity index (χ0v) is 23.7. The first-order valence-electron chi connectivity index (χ1n) is 13.1. The van der Waals surface area contributed by atoms with Crippen molar-refractivity contribution in [3.8, 4) is 5.75 Å². The topological polar surface area (TPSA) is 92.1 Å². The van der Waals surface area contributed by atoms with E-state index in [1.165, 1.54) is 33.6 Å². The number of ether oxygens (including phenoxy) is 1. The normalized spacial score (nSPS) is 20.4. The number of carbonyl (C=O) groups is 1. The Labute approximate surface area is 233 Å². The molecule has 4 heterocycles. The number of carbonyl (C=O) groups excluding carboxylic acids is 1. The van der Waals surface area contributed by atoms with Crippen LogP contribution in [0.2, 0.25) is 0 Å². The Balaban J connectivity index is 1.71.